The van der Waals surface area contributed by atoms with Gasteiger partial charge in [-0.1, -0.05) is 38.5 Å². The first kappa shape index (κ1) is 23.2. The summed E-state index contributed by atoms with van der Waals surface area (Å²) in [4.78, 5) is 4.18. The van der Waals surface area contributed by atoms with E-state index in [4.69, 9.17) is 5.73 Å². The van der Waals surface area contributed by atoms with Crippen LogP contribution in [0.4, 0.5) is 5.69 Å². The minimum atomic E-state index is -3.29. The van der Waals surface area contributed by atoms with Crippen LogP contribution in [0.5, 0.6) is 0 Å². The largest absolute Gasteiger partial charge is 0.370 e. The Kier molecular flexibility index (Phi) is 9.88. The van der Waals surface area contributed by atoms with Crippen LogP contribution in [-0.2, 0) is 22.9 Å². The molecule has 148 valence electrons. The van der Waals surface area contributed by atoms with Gasteiger partial charge >= 0.3 is 0 Å². The van der Waals surface area contributed by atoms with Crippen molar-refractivity contribution in [1.82, 2.24) is 4.72 Å². The third-order valence-electron chi connectivity index (χ3n) is 4.71. The quantitative estimate of drug-likeness (QED) is 0.280. The van der Waals surface area contributed by atoms with E-state index in [0.717, 1.165) is 31.4 Å². The lowest BCUT2D eigenvalue weighted by Crippen LogP contribution is -2.34. The third kappa shape index (κ3) is 7.03. The molecule has 1 aliphatic carbocycles. The van der Waals surface area contributed by atoms with Gasteiger partial charge in [-0.3, -0.25) is 4.99 Å². The molecule has 1 saturated carbocycles. The Balaban J connectivity index is 0.00000338. The molecule has 2 rings (SSSR count). The first-order chi connectivity index (χ1) is 11.9. The van der Waals surface area contributed by atoms with E-state index >= 15 is 0 Å². The molecule has 0 amide bonds. The first-order valence-electron chi connectivity index (χ1n) is 9.10. The summed E-state index contributed by atoms with van der Waals surface area (Å²) in [5, 5.41) is 3.15. The standard InChI is InChI=1S/C18H30N4O2S.HI/c1-3-15-9-6-10-16(4-2)17(15)22-18(19)20-11-12-25(23,24)21-13-14-7-5-8-14;/h6,9-10,14,21H,3-5,7-8,11-13H2,1-2H3,(H3,19,20,22);1H. The molecule has 26 heavy (non-hydrogen) atoms. The average molecular weight is 494 g/mol. The molecule has 0 bridgehead atoms. The number of nitrogens with zero attached hydrogens (tertiary/aromatic N) is 1. The lowest BCUT2D eigenvalue weighted by molar-refractivity contribution is 0.316. The minimum absolute atomic E-state index is 0. The molecule has 0 aromatic heterocycles. The maximum absolute atomic E-state index is 12.0. The number of aryl methyl sites for hydroxylation is 2. The smallest absolute Gasteiger partial charge is 0.213 e. The predicted octanol–water partition coefficient (Wildman–Crippen LogP) is 2.88. The Bertz CT molecular complexity index is 681. The fourth-order valence-electron chi connectivity index (χ4n) is 2.87. The maximum Gasteiger partial charge on any atom is 0.213 e. The highest BCUT2D eigenvalue weighted by molar-refractivity contribution is 14.0. The number of nitrogens with one attached hydrogen (secondary N) is 2. The summed E-state index contributed by atoms with van der Waals surface area (Å²) in [6.07, 6.45) is 5.23. The average Bonchev–Trinajstić information content (AvgIpc) is 2.53. The van der Waals surface area contributed by atoms with Crippen LogP contribution in [-0.4, -0.2) is 33.2 Å². The van der Waals surface area contributed by atoms with Gasteiger partial charge in [-0.15, -0.1) is 24.0 Å². The first-order valence-corrected chi connectivity index (χ1v) is 10.8. The van der Waals surface area contributed by atoms with Crippen molar-refractivity contribution in [3.63, 3.8) is 0 Å². The van der Waals surface area contributed by atoms with Crippen LogP contribution >= 0.6 is 24.0 Å². The van der Waals surface area contributed by atoms with Gasteiger partial charge in [0, 0.05) is 12.2 Å². The van der Waals surface area contributed by atoms with Gasteiger partial charge in [0.25, 0.3) is 0 Å². The Morgan fingerprint density at radius 1 is 1.23 bits per heavy atom. The highest BCUT2D eigenvalue weighted by Crippen LogP contribution is 2.25. The Morgan fingerprint density at radius 2 is 1.85 bits per heavy atom. The van der Waals surface area contributed by atoms with Crippen molar-refractivity contribution >= 4 is 45.6 Å². The number of anilines is 1. The zero-order valence-corrected chi connectivity index (χ0v) is 18.8. The van der Waals surface area contributed by atoms with E-state index in [9.17, 15) is 8.42 Å². The van der Waals surface area contributed by atoms with Gasteiger partial charge in [0.05, 0.1) is 12.3 Å². The summed E-state index contributed by atoms with van der Waals surface area (Å²) < 4.78 is 26.6. The second-order valence-electron chi connectivity index (χ2n) is 6.51. The molecule has 0 atom stereocenters. The molecular formula is C18H31IN4O2S. The summed E-state index contributed by atoms with van der Waals surface area (Å²) in [6.45, 7) is 4.87. The summed E-state index contributed by atoms with van der Waals surface area (Å²) in [5.74, 6) is 0.714. The summed E-state index contributed by atoms with van der Waals surface area (Å²) in [7, 11) is -3.29. The molecule has 4 N–H and O–H groups in total. The monoisotopic (exact) mass is 494 g/mol. The third-order valence-corrected chi connectivity index (χ3v) is 6.04. The Labute approximate surface area is 174 Å². The van der Waals surface area contributed by atoms with Crippen molar-refractivity contribution in [2.45, 2.75) is 46.0 Å². The van der Waals surface area contributed by atoms with Gasteiger partial charge in [-0.25, -0.2) is 13.1 Å². The van der Waals surface area contributed by atoms with Gasteiger partial charge in [-0.2, -0.15) is 0 Å². The zero-order valence-electron chi connectivity index (χ0n) is 15.6. The number of hydrogen-bond acceptors (Lipinski definition) is 3. The van der Waals surface area contributed by atoms with Crippen molar-refractivity contribution in [1.29, 1.82) is 0 Å². The van der Waals surface area contributed by atoms with Gasteiger partial charge in [0.15, 0.2) is 5.96 Å². The normalized spacial score (nSPS) is 15.2. The van der Waals surface area contributed by atoms with Crippen LogP contribution in [0.15, 0.2) is 23.2 Å². The van der Waals surface area contributed by atoms with Crippen LogP contribution in [0.2, 0.25) is 0 Å². The molecule has 0 unspecified atom stereocenters. The second-order valence-corrected chi connectivity index (χ2v) is 8.44. The number of nitrogens with two attached hydrogens (primary N) is 1. The van der Waals surface area contributed by atoms with E-state index in [0.29, 0.717) is 12.5 Å². The molecule has 1 aromatic carbocycles. The summed E-state index contributed by atoms with van der Waals surface area (Å²) >= 11 is 0. The van der Waals surface area contributed by atoms with Crippen LogP contribution in [0.3, 0.4) is 0 Å². The number of halogens is 1. The number of para-hydroxylation sites is 1. The van der Waals surface area contributed by atoms with Crippen LogP contribution in [0.1, 0.15) is 44.2 Å². The molecular weight excluding hydrogens is 463 g/mol. The fraction of sp³-hybridized carbons (Fsp3) is 0.611. The number of sulfonamides is 1. The van der Waals surface area contributed by atoms with E-state index in [1.54, 1.807) is 0 Å². The topological polar surface area (TPSA) is 96.6 Å². The second kappa shape index (κ2) is 11.1. The lowest BCUT2D eigenvalue weighted by atomic mass is 9.86. The van der Waals surface area contributed by atoms with E-state index in [-0.39, 0.29) is 42.2 Å². The Hall–Kier alpha value is -0.870. The van der Waals surface area contributed by atoms with Crippen LogP contribution < -0.4 is 15.8 Å². The number of benzene rings is 1. The summed E-state index contributed by atoms with van der Waals surface area (Å²) in [5.41, 5.74) is 9.29. The van der Waals surface area contributed by atoms with Gasteiger partial charge in [0.2, 0.25) is 10.0 Å². The van der Waals surface area contributed by atoms with Crippen LogP contribution in [0.25, 0.3) is 0 Å². The molecule has 0 heterocycles. The van der Waals surface area contributed by atoms with Crippen molar-refractivity contribution in [2.75, 3.05) is 24.2 Å². The van der Waals surface area contributed by atoms with Gasteiger partial charge in [0.1, 0.15) is 0 Å². The van der Waals surface area contributed by atoms with E-state index < -0.39 is 10.0 Å². The van der Waals surface area contributed by atoms with E-state index in [2.05, 4.69) is 41.0 Å². The molecule has 0 saturated heterocycles. The van der Waals surface area contributed by atoms with Crippen LogP contribution in [0, 0.1) is 5.92 Å². The molecule has 1 aromatic rings. The maximum atomic E-state index is 12.0. The number of hydrogen-bond donors (Lipinski definition) is 3. The highest BCUT2D eigenvalue weighted by atomic mass is 127. The number of rotatable bonds is 9. The molecule has 6 nitrogen and oxygen atoms in total. The molecule has 8 heteroatoms. The van der Waals surface area contributed by atoms with Crippen molar-refractivity contribution in [3.8, 4) is 0 Å². The predicted molar refractivity (Wildman–Crippen MR) is 120 cm³/mol. The minimum Gasteiger partial charge on any atom is -0.370 e. The molecule has 0 aliphatic heterocycles. The highest BCUT2D eigenvalue weighted by Gasteiger charge is 2.19. The van der Waals surface area contributed by atoms with Gasteiger partial charge in [-0.05, 0) is 42.7 Å². The SMILES string of the molecule is CCc1cccc(CC)c1NC(N)=NCCS(=O)(=O)NCC1CCC1.I. The number of guanidine groups is 1. The van der Waals surface area contributed by atoms with E-state index in [1.807, 2.05) is 6.07 Å². The lowest BCUT2D eigenvalue weighted by Gasteiger charge is -2.25. The van der Waals surface area contributed by atoms with E-state index in [1.165, 1.54) is 17.5 Å². The van der Waals surface area contributed by atoms with Crippen molar-refractivity contribution in [2.24, 2.45) is 16.6 Å². The van der Waals surface area contributed by atoms with Crippen molar-refractivity contribution < 1.29 is 8.42 Å². The molecule has 1 aliphatic rings. The molecule has 0 spiro atoms. The zero-order chi connectivity index (χ0) is 18.3. The van der Waals surface area contributed by atoms with Gasteiger partial charge < -0.3 is 11.1 Å². The molecule has 0 radical (unpaired) electrons. The summed E-state index contributed by atoms with van der Waals surface area (Å²) in [6, 6.07) is 6.16. The number of aliphatic imine (C=N–C) groups is 1. The fourth-order valence-corrected chi connectivity index (χ4v) is 3.84. The van der Waals surface area contributed by atoms with Crippen molar-refractivity contribution in [3.05, 3.63) is 29.3 Å². The Morgan fingerprint density at radius 3 is 2.35 bits per heavy atom. The molecule has 1 fully saturated rings.